The van der Waals surface area contributed by atoms with Crippen LogP contribution in [0.3, 0.4) is 0 Å². The fourth-order valence-electron chi connectivity index (χ4n) is 7.77. The molecule has 9 aromatic rings. The lowest BCUT2D eigenvalue weighted by atomic mass is 9.84. The first kappa shape index (κ1) is 30.3. The first-order valence-corrected chi connectivity index (χ1v) is 16.9. The maximum Gasteiger partial charge on any atom is 0.433 e. The van der Waals surface area contributed by atoms with Gasteiger partial charge in [-0.1, -0.05) is 124 Å². The molecule has 0 atom stereocenters. The van der Waals surface area contributed by atoms with E-state index in [1.165, 1.54) is 61.3 Å². The molecular weight excluding hydrogens is 624 g/mol. The molecule has 9 rings (SSSR count). The number of nitrogens with zero attached hydrogens (tertiary/aromatic N) is 1. The van der Waals surface area contributed by atoms with Crippen molar-refractivity contribution < 1.29 is 13.2 Å². The van der Waals surface area contributed by atoms with Crippen molar-refractivity contribution in [3.63, 3.8) is 0 Å². The van der Waals surface area contributed by atoms with E-state index < -0.39 is 11.9 Å². The Morgan fingerprint density at radius 1 is 0.440 bits per heavy atom. The normalized spacial score (nSPS) is 12.6. The molecule has 0 saturated heterocycles. The molecule has 0 saturated carbocycles. The highest BCUT2D eigenvalue weighted by Gasteiger charge is 2.32. The molecule has 1 heterocycles. The van der Waals surface area contributed by atoms with Gasteiger partial charge < -0.3 is 0 Å². The SMILES string of the molecule is CC(C)(C)c1ccc(-c2cc3ccc4cc(-c5c6ccccc6c(-c6ccc(C(F)(F)F)nc6)c6ccccc56)cc5ccc(c2)c3c45)cc1. The predicted molar refractivity (Wildman–Crippen MR) is 203 cm³/mol. The summed E-state index contributed by atoms with van der Waals surface area (Å²) < 4.78 is 40.2. The van der Waals surface area contributed by atoms with Crippen molar-refractivity contribution in [2.24, 2.45) is 0 Å². The van der Waals surface area contributed by atoms with Gasteiger partial charge in [0.25, 0.3) is 0 Å². The van der Waals surface area contributed by atoms with Crippen LogP contribution in [0, 0.1) is 0 Å². The van der Waals surface area contributed by atoms with Crippen LogP contribution in [0.2, 0.25) is 0 Å². The second-order valence-corrected chi connectivity index (χ2v) is 14.3. The number of fused-ring (bicyclic) bond motifs is 2. The van der Waals surface area contributed by atoms with Crippen LogP contribution in [0.5, 0.6) is 0 Å². The largest absolute Gasteiger partial charge is 0.433 e. The van der Waals surface area contributed by atoms with Gasteiger partial charge >= 0.3 is 6.18 Å². The van der Waals surface area contributed by atoms with Crippen LogP contribution in [0.4, 0.5) is 13.2 Å². The molecule has 0 aliphatic rings. The summed E-state index contributed by atoms with van der Waals surface area (Å²) in [5.74, 6) is 0. The number of rotatable bonds is 3. The van der Waals surface area contributed by atoms with E-state index in [-0.39, 0.29) is 5.41 Å². The molecule has 0 unspecified atom stereocenters. The van der Waals surface area contributed by atoms with E-state index in [1.807, 2.05) is 24.3 Å². The lowest BCUT2D eigenvalue weighted by Gasteiger charge is -2.20. The van der Waals surface area contributed by atoms with E-state index >= 15 is 0 Å². The molecule has 1 aromatic heterocycles. The van der Waals surface area contributed by atoms with Crippen LogP contribution in [0.25, 0.3) is 87.2 Å². The number of hydrogen-bond donors (Lipinski definition) is 0. The van der Waals surface area contributed by atoms with Crippen LogP contribution in [0.1, 0.15) is 32.0 Å². The first-order valence-electron chi connectivity index (χ1n) is 16.9. The zero-order chi connectivity index (χ0) is 34.4. The maximum absolute atomic E-state index is 13.4. The third kappa shape index (κ3) is 4.81. The number of pyridine rings is 1. The molecule has 4 heteroatoms. The number of alkyl halides is 3. The van der Waals surface area contributed by atoms with Gasteiger partial charge in [0, 0.05) is 11.8 Å². The fourth-order valence-corrected chi connectivity index (χ4v) is 7.77. The van der Waals surface area contributed by atoms with Gasteiger partial charge in [-0.25, -0.2) is 0 Å². The second kappa shape index (κ2) is 10.9. The van der Waals surface area contributed by atoms with Crippen molar-refractivity contribution in [1.82, 2.24) is 4.98 Å². The summed E-state index contributed by atoms with van der Waals surface area (Å²) in [5, 5.41) is 11.3. The molecule has 0 aliphatic carbocycles. The van der Waals surface area contributed by atoms with Gasteiger partial charge in [0.1, 0.15) is 5.69 Å². The van der Waals surface area contributed by atoms with Crippen LogP contribution in [0.15, 0.2) is 140 Å². The zero-order valence-electron chi connectivity index (χ0n) is 27.9. The highest BCUT2D eigenvalue weighted by Crippen LogP contribution is 2.46. The fraction of sp³-hybridized carbons (Fsp3) is 0.109. The summed E-state index contributed by atoms with van der Waals surface area (Å²) in [7, 11) is 0. The van der Waals surface area contributed by atoms with Gasteiger partial charge in [-0.2, -0.15) is 13.2 Å². The average Bonchev–Trinajstić information content (AvgIpc) is 3.12. The molecule has 0 fully saturated rings. The van der Waals surface area contributed by atoms with E-state index in [1.54, 1.807) is 0 Å². The Hall–Kier alpha value is -5.74. The van der Waals surface area contributed by atoms with Crippen molar-refractivity contribution in [3.05, 3.63) is 151 Å². The van der Waals surface area contributed by atoms with Gasteiger partial charge in [0.05, 0.1) is 0 Å². The van der Waals surface area contributed by atoms with Crippen LogP contribution < -0.4 is 0 Å². The van der Waals surface area contributed by atoms with Crippen molar-refractivity contribution in [3.8, 4) is 33.4 Å². The first-order chi connectivity index (χ1) is 24.0. The van der Waals surface area contributed by atoms with E-state index in [2.05, 4.69) is 123 Å². The van der Waals surface area contributed by atoms with E-state index in [9.17, 15) is 13.2 Å². The number of benzene rings is 8. The molecule has 0 aliphatic heterocycles. The Labute approximate surface area is 288 Å². The maximum atomic E-state index is 13.4. The molecular formula is C46H32F3N. The summed E-state index contributed by atoms with van der Waals surface area (Å²) in [6, 6.07) is 46.0. The quantitative estimate of drug-likeness (QED) is 0.136. The minimum absolute atomic E-state index is 0.106. The van der Waals surface area contributed by atoms with Gasteiger partial charge in [-0.15, -0.1) is 0 Å². The molecule has 0 bridgehead atoms. The molecule has 50 heavy (non-hydrogen) atoms. The zero-order valence-corrected chi connectivity index (χ0v) is 27.9. The number of hydrogen-bond acceptors (Lipinski definition) is 1. The van der Waals surface area contributed by atoms with Crippen LogP contribution in [-0.4, -0.2) is 4.98 Å². The Bertz CT molecular complexity index is 2630. The molecule has 0 spiro atoms. The van der Waals surface area contributed by atoms with E-state index in [0.717, 1.165) is 44.3 Å². The van der Waals surface area contributed by atoms with Crippen molar-refractivity contribution >= 4 is 53.9 Å². The molecule has 0 N–H and O–H groups in total. The molecule has 0 radical (unpaired) electrons. The molecule has 242 valence electrons. The highest BCUT2D eigenvalue weighted by molar-refractivity contribution is 6.26. The summed E-state index contributed by atoms with van der Waals surface area (Å²) in [6.45, 7) is 6.71. The lowest BCUT2D eigenvalue weighted by Crippen LogP contribution is -2.10. The Morgan fingerprint density at radius 3 is 1.26 bits per heavy atom. The van der Waals surface area contributed by atoms with Crippen molar-refractivity contribution in [1.29, 1.82) is 0 Å². The van der Waals surface area contributed by atoms with Gasteiger partial charge in [0.15, 0.2) is 0 Å². The van der Waals surface area contributed by atoms with Crippen molar-refractivity contribution in [2.75, 3.05) is 0 Å². The Balaban J connectivity index is 1.23. The third-order valence-corrected chi connectivity index (χ3v) is 10.2. The molecule has 8 aromatic carbocycles. The van der Waals surface area contributed by atoms with Gasteiger partial charge in [-0.3, -0.25) is 4.98 Å². The van der Waals surface area contributed by atoms with Crippen LogP contribution >= 0.6 is 0 Å². The van der Waals surface area contributed by atoms with Gasteiger partial charge in [0.2, 0.25) is 0 Å². The standard InChI is InChI=1S/C46H32F3N/c1-45(2,3)35-19-16-27(17-20-35)33-22-28-12-14-30-24-34(25-31-15-13-29(23-33)41(28)42(30)31)44-38-10-6-4-8-36(38)43(37-9-5-7-11-39(37)44)32-18-21-40(50-26-32)46(47,48)49/h4-26H,1-3H3. The number of aromatic nitrogens is 1. The monoisotopic (exact) mass is 655 g/mol. The molecule has 1 nitrogen and oxygen atoms in total. The summed E-state index contributed by atoms with van der Waals surface area (Å²) in [6.07, 6.45) is -3.15. The summed E-state index contributed by atoms with van der Waals surface area (Å²) in [5.41, 5.74) is 6.67. The third-order valence-electron chi connectivity index (χ3n) is 10.2. The van der Waals surface area contributed by atoms with Crippen LogP contribution in [-0.2, 0) is 11.6 Å². The minimum atomic E-state index is -4.50. The molecule has 0 amide bonds. The average molecular weight is 656 g/mol. The highest BCUT2D eigenvalue weighted by atomic mass is 19.4. The van der Waals surface area contributed by atoms with E-state index in [0.29, 0.717) is 5.56 Å². The van der Waals surface area contributed by atoms with E-state index in [4.69, 9.17) is 0 Å². The van der Waals surface area contributed by atoms with Gasteiger partial charge in [-0.05, 0) is 123 Å². The predicted octanol–water partition coefficient (Wildman–Crippen LogP) is 13.6. The smallest absolute Gasteiger partial charge is 0.251 e. The van der Waals surface area contributed by atoms with Crippen molar-refractivity contribution in [2.45, 2.75) is 32.4 Å². The second-order valence-electron chi connectivity index (χ2n) is 14.3. The Kier molecular flexibility index (Phi) is 6.60. The number of halogens is 3. The Morgan fingerprint density at radius 2 is 0.860 bits per heavy atom. The lowest BCUT2D eigenvalue weighted by molar-refractivity contribution is -0.141. The summed E-state index contributed by atoms with van der Waals surface area (Å²) >= 11 is 0. The summed E-state index contributed by atoms with van der Waals surface area (Å²) in [4.78, 5) is 3.81. The minimum Gasteiger partial charge on any atom is -0.251 e. The topological polar surface area (TPSA) is 12.9 Å².